The van der Waals surface area contributed by atoms with Crippen LogP contribution in [-0.4, -0.2) is 75.8 Å². The van der Waals surface area contributed by atoms with Crippen LogP contribution >= 0.6 is 0 Å². The predicted octanol–water partition coefficient (Wildman–Crippen LogP) is 0.253. The average molecular weight is 400 g/mol. The summed E-state index contributed by atoms with van der Waals surface area (Å²) < 4.78 is 5.25. The summed E-state index contributed by atoms with van der Waals surface area (Å²) in [7, 11) is 0. The normalized spacial score (nSPS) is 21.3. The van der Waals surface area contributed by atoms with Crippen LogP contribution in [0.2, 0.25) is 0 Å². The number of nitrogens with zero attached hydrogens (tertiary/aromatic N) is 2. The topological polar surface area (TPSA) is 158 Å². The highest BCUT2D eigenvalue weighted by Gasteiger charge is 2.50. The quantitative estimate of drug-likeness (QED) is 0.480. The lowest BCUT2D eigenvalue weighted by atomic mass is 9.99. The third kappa shape index (κ3) is 6.48. The van der Waals surface area contributed by atoms with E-state index in [0.29, 0.717) is 25.5 Å². The fraction of sp³-hybridized carbons (Fsp3) is 0.706. The minimum Gasteiger partial charge on any atom is -0.473 e. The van der Waals surface area contributed by atoms with E-state index in [0.717, 1.165) is 6.54 Å². The van der Waals surface area contributed by atoms with Crippen LogP contribution in [0.1, 0.15) is 41.0 Å². The highest BCUT2D eigenvalue weighted by atomic mass is 16.6. The molecule has 0 aromatic carbocycles. The molecule has 1 atom stereocenters. The number of carboxylic acid groups (broad SMARTS) is 2. The number of nitrogens with one attached hydrogen (secondary N) is 2. The van der Waals surface area contributed by atoms with Crippen LogP contribution in [0, 0.1) is 5.92 Å². The molecular formula is C17H28N4O7. The third-order valence-electron chi connectivity index (χ3n) is 3.70. The maximum atomic E-state index is 12.7. The van der Waals surface area contributed by atoms with Crippen molar-refractivity contribution in [3.8, 4) is 0 Å². The molecule has 2 aliphatic heterocycles. The summed E-state index contributed by atoms with van der Waals surface area (Å²) >= 11 is 0. The van der Waals surface area contributed by atoms with E-state index in [1.165, 1.54) is 0 Å². The van der Waals surface area contributed by atoms with E-state index < -0.39 is 29.2 Å². The van der Waals surface area contributed by atoms with Crippen molar-refractivity contribution in [3.63, 3.8) is 0 Å². The molecule has 2 rings (SSSR count). The standard InChI is InChI=1S/C15H26N4O3.C2H2O4/c1-10(2)8-19-11(20)15(6-7-16-9-15)18-12(19)17-13(21)22-14(3,4)5;3-1(4)2(5)6/h10,16H,6-9H2,1-5H3,(H,17,18,21);(H,3,4)(H,5,6). The van der Waals surface area contributed by atoms with Gasteiger partial charge in [0.2, 0.25) is 5.96 Å². The number of amides is 2. The maximum absolute atomic E-state index is 12.7. The molecule has 0 radical (unpaired) electrons. The largest absolute Gasteiger partial charge is 0.473 e. The smallest absolute Gasteiger partial charge is 0.414 e. The number of ether oxygens (including phenoxy) is 1. The number of rotatable bonds is 2. The van der Waals surface area contributed by atoms with Gasteiger partial charge in [0.05, 0.1) is 0 Å². The molecule has 28 heavy (non-hydrogen) atoms. The number of carboxylic acids is 2. The van der Waals surface area contributed by atoms with Crippen molar-refractivity contribution >= 4 is 29.9 Å². The van der Waals surface area contributed by atoms with Crippen LogP contribution in [0.4, 0.5) is 4.79 Å². The number of carbonyl (C=O) groups excluding carboxylic acids is 2. The molecule has 11 nitrogen and oxygen atoms in total. The van der Waals surface area contributed by atoms with E-state index in [-0.39, 0.29) is 11.8 Å². The van der Waals surface area contributed by atoms with Crippen LogP contribution in [0.5, 0.6) is 0 Å². The Morgan fingerprint density at radius 2 is 1.86 bits per heavy atom. The van der Waals surface area contributed by atoms with Crippen LogP contribution in [0.25, 0.3) is 0 Å². The first-order chi connectivity index (χ1) is 12.8. The van der Waals surface area contributed by atoms with Gasteiger partial charge in [0.1, 0.15) is 5.60 Å². The zero-order valence-corrected chi connectivity index (χ0v) is 16.7. The Morgan fingerprint density at radius 1 is 1.29 bits per heavy atom. The van der Waals surface area contributed by atoms with Crippen molar-refractivity contribution in [2.45, 2.75) is 52.2 Å². The third-order valence-corrected chi connectivity index (χ3v) is 3.70. The molecule has 2 heterocycles. The second-order valence-electron chi connectivity index (χ2n) is 7.94. The Hall–Kier alpha value is -2.69. The van der Waals surface area contributed by atoms with Crippen molar-refractivity contribution in [2.24, 2.45) is 10.9 Å². The zero-order chi connectivity index (χ0) is 21.7. The van der Waals surface area contributed by atoms with E-state index in [9.17, 15) is 9.59 Å². The van der Waals surface area contributed by atoms with Gasteiger partial charge in [-0.15, -0.1) is 0 Å². The number of hydrogen-bond acceptors (Lipinski definition) is 7. The van der Waals surface area contributed by atoms with Gasteiger partial charge in [0, 0.05) is 13.1 Å². The average Bonchev–Trinajstić information content (AvgIpc) is 3.07. The second-order valence-corrected chi connectivity index (χ2v) is 7.94. The fourth-order valence-corrected chi connectivity index (χ4v) is 2.64. The summed E-state index contributed by atoms with van der Waals surface area (Å²) in [5.74, 6) is -3.11. The molecule has 0 aliphatic carbocycles. The zero-order valence-electron chi connectivity index (χ0n) is 16.7. The molecule has 11 heteroatoms. The maximum Gasteiger partial charge on any atom is 0.414 e. The van der Waals surface area contributed by atoms with Gasteiger partial charge in [0.25, 0.3) is 5.91 Å². The van der Waals surface area contributed by atoms with Gasteiger partial charge in [-0.3, -0.25) is 15.0 Å². The van der Waals surface area contributed by atoms with Crippen LogP contribution in [0.15, 0.2) is 4.99 Å². The highest BCUT2D eigenvalue weighted by molar-refractivity contribution is 6.27. The fourth-order valence-electron chi connectivity index (χ4n) is 2.64. The van der Waals surface area contributed by atoms with Gasteiger partial charge in [0.15, 0.2) is 5.54 Å². The lowest BCUT2D eigenvalue weighted by Crippen LogP contribution is -2.49. The molecule has 0 saturated carbocycles. The summed E-state index contributed by atoms with van der Waals surface area (Å²) in [6.07, 6.45) is 0.0655. The monoisotopic (exact) mass is 400 g/mol. The Balaban J connectivity index is 0.000000568. The van der Waals surface area contributed by atoms with E-state index in [1.807, 2.05) is 13.8 Å². The van der Waals surface area contributed by atoms with Crippen molar-refractivity contribution in [2.75, 3.05) is 19.6 Å². The van der Waals surface area contributed by atoms with Gasteiger partial charge in [-0.2, -0.15) is 0 Å². The van der Waals surface area contributed by atoms with Gasteiger partial charge >= 0.3 is 18.0 Å². The first-order valence-corrected chi connectivity index (χ1v) is 8.86. The first-order valence-electron chi connectivity index (χ1n) is 8.86. The number of alkyl carbamates (subject to hydrolysis) is 1. The molecule has 4 N–H and O–H groups in total. The SMILES string of the molecule is CC(C)CN1C(=O)C2(CCNC2)N=C1NC(=O)OC(C)(C)C.O=C(O)C(=O)O. The summed E-state index contributed by atoms with van der Waals surface area (Å²) in [5, 5.41) is 20.6. The molecule has 1 spiro atoms. The molecule has 2 amide bonds. The number of carbonyl (C=O) groups is 4. The van der Waals surface area contributed by atoms with E-state index in [4.69, 9.17) is 24.5 Å². The summed E-state index contributed by atoms with van der Waals surface area (Å²) in [6, 6.07) is 0. The Bertz CT molecular complexity index is 649. The minimum atomic E-state index is -1.82. The molecule has 2 aliphatic rings. The van der Waals surface area contributed by atoms with Crippen molar-refractivity contribution in [3.05, 3.63) is 0 Å². The van der Waals surface area contributed by atoms with Gasteiger partial charge < -0.3 is 20.3 Å². The van der Waals surface area contributed by atoms with Crippen molar-refractivity contribution in [1.82, 2.24) is 15.5 Å². The number of guanidine groups is 1. The van der Waals surface area contributed by atoms with Gasteiger partial charge in [-0.05, 0) is 39.7 Å². The molecule has 1 fully saturated rings. The Morgan fingerprint density at radius 3 is 2.25 bits per heavy atom. The molecule has 1 unspecified atom stereocenters. The van der Waals surface area contributed by atoms with E-state index >= 15 is 0 Å². The Kier molecular flexibility index (Phi) is 7.51. The summed E-state index contributed by atoms with van der Waals surface area (Å²) in [6.45, 7) is 11.2. The predicted molar refractivity (Wildman–Crippen MR) is 98.8 cm³/mol. The molecular weight excluding hydrogens is 372 g/mol. The second kappa shape index (κ2) is 9.00. The number of hydrogen-bond donors (Lipinski definition) is 4. The van der Waals surface area contributed by atoms with Crippen LogP contribution in [0.3, 0.4) is 0 Å². The number of aliphatic imine (C=N–C) groups is 1. The number of aliphatic carboxylic acids is 2. The minimum absolute atomic E-state index is 0.0442. The molecule has 0 aromatic rings. The molecule has 158 valence electrons. The lowest BCUT2D eigenvalue weighted by molar-refractivity contribution is -0.159. The van der Waals surface area contributed by atoms with E-state index in [1.54, 1.807) is 25.7 Å². The Labute approximate surface area is 163 Å². The van der Waals surface area contributed by atoms with Crippen LogP contribution in [-0.2, 0) is 19.1 Å². The summed E-state index contributed by atoms with van der Waals surface area (Å²) in [4.78, 5) is 49.0. The molecule has 0 aromatic heterocycles. The summed E-state index contributed by atoms with van der Waals surface area (Å²) in [5.41, 5.74) is -1.36. The molecule has 1 saturated heterocycles. The van der Waals surface area contributed by atoms with Gasteiger partial charge in [-0.25, -0.2) is 19.4 Å². The van der Waals surface area contributed by atoms with Crippen molar-refractivity contribution in [1.29, 1.82) is 0 Å². The first kappa shape index (κ1) is 23.3. The van der Waals surface area contributed by atoms with Crippen LogP contribution < -0.4 is 10.6 Å². The van der Waals surface area contributed by atoms with E-state index in [2.05, 4.69) is 15.6 Å². The van der Waals surface area contributed by atoms with Crippen molar-refractivity contribution < 1.29 is 34.1 Å². The highest BCUT2D eigenvalue weighted by Crippen LogP contribution is 2.29. The lowest BCUT2D eigenvalue weighted by Gasteiger charge is -2.24. The molecule has 0 bridgehead atoms. The van der Waals surface area contributed by atoms with Gasteiger partial charge in [-0.1, -0.05) is 13.8 Å².